The molecule has 0 amide bonds. The van der Waals surface area contributed by atoms with Crippen molar-refractivity contribution in [2.75, 3.05) is 13.2 Å². The fraction of sp³-hybridized carbons (Fsp3) is 0.755. The van der Waals surface area contributed by atoms with E-state index in [0.717, 1.165) is 89.9 Å². The van der Waals surface area contributed by atoms with E-state index in [1.165, 1.54) is 103 Å². The first kappa shape index (κ1) is 56.1. The van der Waals surface area contributed by atoms with Crippen LogP contribution < -0.4 is 0 Å². The van der Waals surface area contributed by atoms with Crippen LogP contribution in [0.4, 0.5) is 0 Å². The van der Waals surface area contributed by atoms with Crippen molar-refractivity contribution in [1.82, 2.24) is 0 Å². The molecule has 0 aromatic heterocycles. The van der Waals surface area contributed by atoms with Gasteiger partial charge >= 0.3 is 17.9 Å². The quantitative estimate of drug-likeness (QED) is 0.0200. The molecule has 0 aliphatic carbocycles. The zero-order valence-electron chi connectivity index (χ0n) is 38.8. The molecule has 0 saturated carbocycles. The van der Waals surface area contributed by atoms with Gasteiger partial charge in [-0.15, -0.1) is 0 Å². The van der Waals surface area contributed by atoms with Gasteiger partial charge in [0.2, 0.25) is 0 Å². The third-order valence-electron chi connectivity index (χ3n) is 10.5. The van der Waals surface area contributed by atoms with Crippen LogP contribution in [0.1, 0.15) is 239 Å². The first-order valence-corrected chi connectivity index (χ1v) is 24.8. The Bertz CT molecular complexity index is 1090. The Labute approximate surface area is 364 Å². The highest BCUT2D eigenvalue weighted by atomic mass is 16.6. The van der Waals surface area contributed by atoms with Crippen molar-refractivity contribution in [1.29, 1.82) is 0 Å². The predicted molar refractivity (Wildman–Crippen MR) is 251 cm³/mol. The van der Waals surface area contributed by atoms with Crippen LogP contribution in [-0.4, -0.2) is 37.2 Å². The van der Waals surface area contributed by atoms with Crippen LogP contribution in [0.3, 0.4) is 0 Å². The molecular weight excluding hydrogens is 733 g/mol. The van der Waals surface area contributed by atoms with E-state index in [2.05, 4.69) is 81.5 Å². The van der Waals surface area contributed by atoms with E-state index in [0.29, 0.717) is 25.7 Å². The van der Waals surface area contributed by atoms with Gasteiger partial charge in [-0.3, -0.25) is 14.4 Å². The van der Waals surface area contributed by atoms with Gasteiger partial charge in [-0.2, -0.15) is 0 Å². The van der Waals surface area contributed by atoms with Crippen LogP contribution in [0, 0.1) is 0 Å². The van der Waals surface area contributed by atoms with Gasteiger partial charge in [-0.05, 0) is 89.9 Å². The number of carbonyl (C=O) groups is 3. The molecule has 0 fully saturated rings. The molecule has 340 valence electrons. The Hall–Kier alpha value is -2.89. The molecule has 1 atom stereocenters. The molecule has 59 heavy (non-hydrogen) atoms. The van der Waals surface area contributed by atoms with Crippen molar-refractivity contribution in [3.8, 4) is 0 Å². The molecule has 0 rings (SSSR count). The predicted octanol–water partition coefficient (Wildman–Crippen LogP) is 16.1. The number of hydrogen-bond acceptors (Lipinski definition) is 6. The zero-order chi connectivity index (χ0) is 43.0. The van der Waals surface area contributed by atoms with Crippen molar-refractivity contribution >= 4 is 17.9 Å². The Morgan fingerprint density at radius 3 is 1.22 bits per heavy atom. The number of hydrogen-bond donors (Lipinski definition) is 0. The first-order valence-electron chi connectivity index (χ1n) is 24.8. The normalized spacial score (nSPS) is 12.5. The van der Waals surface area contributed by atoms with Crippen molar-refractivity contribution < 1.29 is 28.6 Å². The molecule has 0 spiro atoms. The average molecular weight is 825 g/mol. The van der Waals surface area contributed by atoms with E-state index in [1.54, 1.807) is 0 Å². The molecule has 6 nitrogen and oxygen atoms in total. The second kappa shape index (κ2) is 47.8. The standard InChI is InChI=1S/C53H92O6/c1-4-7-10-13-16-19-21-23-25-26-27-28-30-31-34-37-40-43-46-52(55)58-49-50(48-57-51(54)45-42-39-36-33-18-15-12-9-6-3)59-53(56)47-44-41-38-35-32-29-24-22-20-17-14-11-8-5-2/h8,11,17,20,25-28,33,36,50H,4-7,9-10,12-16,18-19,21-24,29-32,34-35,37-49H2,1-3H3/b11-8-,20-17-,26-25-,28-27-,36-33-. The van der Waals surface area contributed by atoms with E-state index in [-0.39, 0.29) is 31.1 Å². The highest BCUT2D eigenvalue weighted by Gasteiger charge is 2.19. The van der Waals surface area contributed by atoms with Gasteiger partial charge in [-0.1, -0.05) is 191 Å². The molecule has 0 saturated heterocycles. The van der Waals surface area contributed by atoms with Gasteiger partial charge in [0.05, 0.1) is 0 Å². The molecule has 6 heteroatoms. The lowest BCUT2D eigenvalue weighted by atomic mass is 10.1. The lowest BCUT2D eigenvalue weighted by Gasteiger charge is -2.18. The topological polar surface area (TPSA) is 78.9 Å². The van der Waals surface area contributed by atoms with Crippen LogP contribution in [0.15, 0.2) is 60.8 Å². The molecule has 1 unspecified atom stereocenters. The fourth-order valence-electron chi connectivity index (χ4n) is 6.77. The van der Waals surface area contributed by atoms with Crippen LogP contribution in [-0.2, 0) is 28.6 Å². The Morgan fingerprint density at radius 2 is 0.729 bits per heavy atom. The van der Waals surface area contributed by atoms with Gasteiger partial charge in [0.1, 0.15) is 13.2 Å². The summed E-state index contributed by atoms with van der Waals surface area (Å²) in [7, 11) is 0. The average Bonchev–Trinajstić information content (AvgIpc) is 3.23. The minimum Gasteiger partial charge on any atom is -0.462 e. The number of carbonyl (C=O) groups excluding carboxylic acids is 3. The Kier molecular flexibility index (Phi) is 45.4. The maximum atomic E-state index is 12.7. The van der Waals surface area contributed by atoms with Gasteiger partial charge in [0.25, 0.3) is 0 Å². The number of unbranched alkanes of at least 4 members (excludes halogenated alkanes) is 24. The number of esters is 3. The largest absolute Gasteiger partial charge is 0.462 e. The van der Waals surface area contributed by atoms with E-state index in [1.807, 2.05) is 0 Å². The molecule has 0 aromatic carbocycles. The van der Waals surface area contributed by atoms with Crippen molar-refractivity contribution in [3.05, 3.63) is 60.8 Å². The number of allylic oxidation sites excluding steroid dienone is 10. The fourth-order valence-corrected chi connectivity index (χ4v) is 6.77. The molecule has 0 aliphatic rings. The smallest absolute Gasteiger partial charge is 0.306 e. The van der Waals surface area contributed by atoms with E-state index < -0.39 is 6.10 Å². The SMILES string of the molecule is CC/C=C\C/C=C\CCCCCCCCCC(=O)OC(COC(=O)CCC/C=C\CCCCCC)COC(=O)CCCCCCC/C=C\C=C/CCCCCCCCC. The van der Waals surface area contributed by atoms with Crippen LogP contribution >= 0.6 is 0 Å². The lowest BCUT2D eigenvalue weighted by Crippen LogP contribution is -2.30. The van der Waals surface area contributed by atoms with E-state index in [4.69, 9.17) is 14.2 Å². The summed E-state index contributed by atoms with van der Waals surface area (Å²) in [5, 5.41) is 0. The molecule has 0 aliphatic heterocycles. The molecule has 0 N–H and O–H groups in total. The summed E-state index contributed by atoms with van der Waals surface area (Å²) in [4.78, 5) is 37.8. The number of rotatable bonds is 44. The monoisotopic (exact) mass is 825 g/mol. The highest BCUT2D eigenvalue weighted by Crippen LogP contribution is 2.14. The van der Waals surface area contributed by atoms with E-state index in [9.17, 15) is 14.4 Å². The highest BCUT2D eigenvalue weighted by molar-refractivity contribution is 5.71. The summed E-state index contributed by atoms with van der Waals surface area (Å²) in [6.45, 7) is 6.44. The molecule has 0 bridgehead atoms. The van der Waals surface area contributed by atoms with Crippen LogP contribution in [0.2, 0.25) is 0 Å². The second-order valence-corrected chi connectivity index (χ2v) is 16.4. The summed E-state index contributed by atoms with van der Waals surface area (Å²) < 4.78 is 16.7. The van der Waals surface area contributed by atoms with E-state index >= 15 is 0 Å². The Morgan fingerprint density at radius 1 is 0.373 bits per heavy atom. The minimum absolute atomic E-state index is 0.0942. The summed E-state index contributed by atoms with van der Waals surface area (Å²) in [6.07, 6.45) is 57.9. The number of ether oxygens (including phenoxy) is 3. The first-order chi connectivity index (χ1) is 29.0. The summed E-state index contributed by atoms with van der Waals surface area (Å²) in [6, 6.07) is 0. The molecule has 0 heterocycles. The zero-order valence-corrected chi connectivity index (χ0v) is 38.8. The van der Waals surface area contributed by atoms with Crippen LogP contribution in [0.5, 0.6) is 0 Å². The van der Waals surface area contributed by atoms with Gasteiger partial charge in [0.15, 0.2) is 6.10 Å². The summed E-state index contributed by atoms with van der Waals surface area (Å²) in [5.41, 5.74) is 0. The van der Waals surface area contributed by atoms with Crippen LogP contribution in [0.25, 0.3) is 0 Å². The third kappa shape index (κ3) is 46.0. The second-order valence-electron chi connectivity index (χ2n) is 16.4. The maximum absolute atomic E-state index is 12.7. The van der Waals surface area contributed by atoms with Crippen molar-refractivity contribution in [2.45, 2.75) is 245 Å². The Balaban J connectivity index is 4.37. The summed E-state index contributed by atoms with van der Waals surface area (Å²) >= 11 is 0. The molecule has 0 radical (unpaired) electrons. The molecule has 0 aromatic rings. The van der Waals surface area contributed by atoms with Crippen molar-refractivity contribution in [2.24, 2.45) is 0 Å². The summed E-state index contributed by atoms with van der Waals surface area (Å²) in [5.74, 6) is -0.953. The third-order valence-corrected chi connectivity index (χ3v) is 10.5. The maximum Gasteiger partial charge on any atom is 0.306 e. The minimum atomic E-state index is -0.793. The van der Waals surface area contributed by atoms with Crippen molar-refractivity contribution in [3.63, 3.8) is 0 Å². The molecular formula is C53H92O6. The van der Waals surface area contributed by atoms with Gasteiger partial charge in [-0.25, -0.2) is 0 Å². The lowest BCUT2D eigenvalue weighted by molar-refractivity contribution is -0.167. The van der Waals surface area contributed by atoms with Gasteiger partial charge in [0, 0.05) is 19.3 Å². The van der Waals surface area contributed by atoms with Gasteiger partial charge < -0.3 is 14.2 Å².